The number of hydrogen-bond acceptors (Lipinski definition) is 4. The number of para-hydroxylation sites is 1. The molecule has 1 aliphatic rings. The molecule has 0 bridgehead atoms. The van der Waals surface area contributed by atoms with Gasteiger partial charge in [0.25, 0.3) is 0 Å². The SMILES string of the molecule is CCNC(=NCc1cccc(OC)c1O)N1CCC(c2ccc(OC)cc2)C1.I. The first-order valence-electron chi connectivity index (χ1n) is 9.68. The van der Waals surface area contributed by atoms with E-state index in [1.165, 1.54) is 5.56 Å². The molecule has 1 fully saturated rings. The average Bonchev–Trinajstić information content (AvgIpc) is 3.22. The van der Waals surface area contributed by atoms with Crippen LogP contribution < -0.4 is 14.8 Å². The predicted octanol–water partition coefficient (Wildman–Crippen LogP) is 3.98. The third kappa shape index (κ3) is 5.68. The quantitative estimate of drug-likeness (QED) is 0.349. The maximum absolute atomic E-state index is 10.3. The Kier molecular flexibility index (Phi) is 8.88. The highest BCUT2D eigenvalue weighted by Crippen LogP contribution is 2.31. The molecule has 1 unspecified atom stereocenters. The molecule has 2 N–H and O–H groups in total. The normalized spacial score (nSPS) is 16.3. The van der Waals surface area contributed by atoms with Crippen LogP contribution in [0.15, 0.2) is 47.5 Å². The van der Waals surface area contributed by atoms with Crippen molar-refractivity contribution in [2.75, 3.05) is 33.9 Å². The van der Waals surface area contributed by atoms with E-state index in [1.807, 2.05) is 24.3 Å². The number of nitrogens with one attached hydrogen (secondary N) is 1. The van der Waals surface area contributed by atoms with Crippen LogP contribution in [0.4, 0.5) is 0 Å². The van der Waals surface area contributed by atoms with Gasteiger partial charge in [-0.3, -0.25) is 0 Å². The predicted molar refractivity (Wildman–Crippen MR) is 127 cm³/mol. The summed E-state index contributed by atoms with van der Waals surface area (Å²) in [5, 5.41) is 13.7. The monoisotopic (exact) mass is 511 g/mol. The number of aromatic hydroxyl groups is 1. The Morgan fingerprint density at radius 3 is 2.59 bits per heavy atom. The second-order valence-corrected chi connectivity index (χ2v) is 6.84. The number of likely N-dealkylation sites (tertiary alicyclic amines) is 1. The van der Waals surface area contributed by atoms with E-state index in [9.17, 15) is 5.11 Å². The molecule has 2 aromatic carbocycles. The highest BCUT2D eigenvalue weighted by molar-refractivity contribution is 14.0. The summed E-state index contributed by atoms with van der Waals surface area (Å²) in [5.41, 5.74) is 2.07. The van der Waals surface area contributed by atoms with Crippen molar-refractivity contribution in [1.29, 1.82) is 0 Å². The van der Waals surface area contributed by atoms with Crippen molar-refractivity contribution < 1.29 is 14.6 Å². The van der Waals surface area contributed by atoms with Gasteiger partial charge < -0.3 is 24.8 Å². The smallest absolute Gasteiger partial charge is 0.194 e. The van der Waals surface area contributed by atoms with Gasteiger partial charge in [0.1, 0.15) is 5.75 Å². The van der Waals surface area contributed by atoms with Crippen molar-refractivity contribution in [1.82, 2.24) is 10.2 Å². The van der Waals surface area contributed by atoms with E-state index < -0.39 is 0 Å². The van der Waals surface area contributed by atoms with E-state index in [1.54, 1.807) is 20.3 Å². The van der Waals surface area contributed by atoms with Crippen LogP contribution in [-0.2, 0) is 6.54 Å². The summed E-state index contributed by atoms with van der Waals surface area (Å²) < 4.78 is 10.4. The van der Waals surface area contributed by atoms with E-state index in [0.29, 0.717) is 18.2 Å². The molecule has 1 heterocycles. The van der Waals surface area contributed by atoms with Gasteiger partial charge in [-0.1, -0.05) is 24.3 Å². The first kappa shape index (κ1) is 23.1. The minimum atomic E-state index is 0. The topological polar surface area (TPSA) is 66.3 Å². The van der Waals surface area contributed by atoms with Crippen LogP contribution in [0.3, 0.4) is 0 Å². The van der Waals surface area contributed by atoms with Crippen LogP contribution in [0, 0.1) is 0 Å². The summed E-state index contributed by atoms with van der Waals surface area (Å²) in [6.07, 6.45) is 1.08. The molecule has 0 amide bonds. The second-order valence-electron chi connectivity index (χ2n) is 6.84. The molecule has 0 spiro atoms. The van der Waals surface area contributed by atoms with E-state index in [4.69, 9.17) is 14.5 Å². The van der Waals surface area contributed by atoms with Crippen molar-refractivity contribution in [3.05, 3.63) is 53.6 Å². The molecule has 1 saturated heterocycles. The molecule has 0 aromatic heterocycles. The minimum Gasteiger partial charge on any atom is -0.504 e. The van der Waals surface area contributed by atoms with Gasteiger partial charge in [0.05, 0.1) is 20.8 Å². The zero-order chi connectivity index (χ0) is 19.9. The summed E-state index contributed by atoms with van der Waals surface area (Å²) in [6, 6.07) is 13.8. The molecule has 1 atom stereocenters. The van der Waals surface area contributed by atoms with Crippen LogP contribution >= 0.6 is 24.0 Å². The summed E-state index contributed by atoms with van der Waals surface area (Å²) in [6.45, 7) is 5.13. The largest absolute Gasteiger partial charge is 0.504 e. The number of nitrogens with zero attached hydrogens (tertiary/aromatic N) is 2. The molecule has 6 nitrogen and oxygen atoms in total. The Morgan fingerprint density at radius 1 is 1.17 bits per heavy atom. The van der Waals surface area contributed by atoms with Gasteiger partial charge in [-0.05, 0) is 37.1 Å². The summed E-state index contributed by atoms with van der Waals surface area (Å²) in [5.74, 6) is 2.85. The summed E-state index contributed by atoms with van der Waals surface area (Å²) in [7, 11) is 3.24. The third-order valence-electron chi connectivity index (χ3n) is 5.11. The Labute approximate surface area is 190 Å². The number of halogens is 1. The van der Waals surface area contributed by atoms with E-state index >= 15 is 0 Å². The van der Waals surface area contributed by atoms with Crippen LogP contribution in [0.2, 0.25) is 0 Å². The number of methoxy groups -OCH3 is 2. The van der Waals surface area contributed by atoms with Gasteiger partial charge in [-0.15, -0.1) is 24.0 Å². The fraction of sp³-hybridized carbons (Fsp3) is 0.409. The highest BCUT2D eigenvalue weighted by atomic mass is 127. The molecule has 7 heteroatoms. The Balaban J connectivity index is 0.00000300. The number of hydrogen-bond donors (Lipinski definition) is 2. The third-order valence-corrected chi connectivity index (χ3v) is 5.11. The first-order chi connectivity index (χ1) is 13.7. The summed E-state index contributed by atoms with van der Waals surface area (Å²) in [4.78, 5) is 7.04. The number of guanidine groups is 1. The van der Waals surface area contributed by atoms with Gasteiger partial charge >= 0.3 is 0 Å². The average molecular weight is 511 g/mol. The molecule has 0 aliphatic carbocycles. The number of rotatable bonds is 6. The fourth-order valence-electron chi connectivity index (χ4n) is 3.55. The lowest BCUT2D eigenvalue weighted by Gasteiger charge is -2.22. The zero-order valence-corrected chi connectivity index (χ0v) is 19.6. The highest BCUT2D eigenvalue weighted by Gasteiger charge is 2.26. The first-order valence-corrected chi connectivity index (χ1v) is 9.68. The lowest BCUT2D eigenvalue weighted by atomic mass is 9.98. The molecule has 158 valence electrons. The van der Waals surface area contributed by atoms with Crippen LogP contribution in [0.1, 0.15) is 30.4 Å². The van der Waals surface area contributed by atoms with Crippen LogP contribution in [0.25, 0.3) is 0 Å². The molecule has 29 heavy (non-hydrogen) atoms. The zero-order valence-electron chi connectivity index (χ0n) is 17.2. The number of ether oxygens (including phenoxy) is 2. The standard InChI is InChI=1S/C22H29N3O3.HI/c1-4-23-22(24-14-17-6-5-7-20(28-3)21(17)26)25-13-12-18(15-25)16-8-10-19(27-2)11-9-16;/h5-11,18,26H,4,12-15H2,1-3H3,(H,23,24);1H. The number of phenols is 1. The van der Waals surface area contributed by atoms with Gasteiger partial charge in [-0.25, -0.2) is 4.99 Å². The Bertz CT molecular complexity index is 811. The molecular weight excluding hydrogens is 481 g/mol. The molecule has 2 aromatic rings. The van der Waals surface area contributed by atoms with Gasteiger partial charge in [-0.2, -0.15) is 0 Å². The molecular formula is C22H30IN3O3. The van der Waals surface area contributed by atoms with Gasteiger partial charge in [0.2, 0.25) is 0 Å². The van der Waals surface area contributed by atoms with Gasteiger partial charge in [0, 0.05) is 31.1 Å². The second kappa shape index (κ2) is 11.1. The molecule has 3 rings (SSSR count). The van der Waals surface area contributed by atoms with Crippen molar-refractivity contribution in [2.24, 2.45) is 4.99 Å². The molecule has 1 aliphatic heterocycles. The van der Waals surface area contributed by atoms with Crippen LogP contribution in [-0.4, -0.2) is 49.8 Å². The maximum atomic E-state index is 10.3. The lowest BCUT2D eigenvalue weighted by Crippen LogP contribution is -2.40. The van der Waals surface area contributed by atoms with Crippen molar-refractivity contribution in [3.63, 3.8) is 0 Å². The molecule has 0 radical (unpaired) electrons. The van der Waals surface area contributed by atoms with E-state index in [2.05, 4.69) is 29.3 Å². The Hall–Kier alpha value is -2.16. The maximum Gasteiger partial charge on any atom is 0.194 e. The van der Waals surface area contributed by atoms with Crippen molar-refractivity contribution in [3.8, 4) is 17.2 Å². The summed E-state index contributed by atoms with van der Waals surface area (Å²) >= 11 is 0. The number of aliphatic imine (C=N–C) groups is 1. The van der Waals surface area contributed by atoms with E-state index in [-0.39, 0.29) is 29.7 Å². The number of benzene rings is 2. The van der Waals surface area contributed by atoms with E-state index in [0.717, 1.165) is 43.3 Å². The number of phenolic OH excluding ortho intramolecular Hbond substituents is 1. The minimum absolute atomic E-state index is 0. The Morgan fingerprint density at radius 2 is 1.93 bits per heavy atom. The van der Waals surface area contributed by atoms with Crippen LogP contribution in [0.5, 0.6) is 17.2 Å². The fourth-order valence-corrected chi connectivity index (χ4v) is 3.55. The van der Waals surface area contributed by atoms with Crippen molar-refractivity contribution in [2.45, 2.75) is 25.8 Å². The lowest BCUT2D eigenvalue weighted by molar-refractivity contribution is 0.370. The van der Waals surface area contributed by atoms with Gasteiger partial charge in [0.15, 0.2) is 17.5 Å². The van der Waals surface area contributed by atoms with Crippen molar-refractivity contribution >= 4 is 29.9 Å². The molecule has 0 saturated carbocycles.